The second-order valence-electron chi connectivity index (χ2n) is 11.6. The predicted octanol–water partition coefficient (Wildman–Crippen LogP) is 6.48. The summed E-state index contributed by atoms with van der Waals surface area (Å²) in [5, 5.41) is 4.08. The quantitative estimate of drug-likeness (QED) is 0.255. The highest BCUT2D eigenvalue weighted by molar-refractivity contribution is 5.95. The van der Waals surface area contributed by atoms with E-state index in [1.54, 1.807) is 18.2 Å². The highest BCUT2D eigenvalue weighted by atomic mass is 19.1. The predicted molar refractivity (Wildman–Crippen MR) is 159 cm³/mol. The van der Waals surface area contributed by atoms with Crippen LogP contribution in [0.25, 0.3) is 10.9 Å². The maximum atomic E-state index is 14.6. The minimum absolute atomic E-state index is 0.0302. The molecule has 1 aliphatic rings. The largest absolute Gasteiger partial charge is 0.378 e. The fourth-order valence-corrected chi connectivity index (χ4v) is 6.00. The van der Waals surface area contributed by atoms with Gasteiger partial charge in [0.25, 0.3) is 0 Å². The summed E-state index contributed by atoms with van der Waals surface area (Å²) in [5.41, 5.74) is 5.45. The third-order valence-corrected chi connectivity index (χ3v) is 8.37. The molecule has 40 heavy (non-hydrogen) atoms. The van der Waals surface area contributed by atoms with Gasteiger partial charge in [-0.1, -0.05) is 50.2 Å². The number of fused-ring (bicyclic) bond motifs is 1. The molecule has 4 aromatic rings. The molecule has 208 valence electrons. The van der Waals surface area contributed by atoms with E-state index in [-0.39, 0.29) is 54.4 Å². The number of nitrogens with one attached hydrogen (secondary N) is 2. The number of para-hydroxylation sites is 1. The van der Waals surface area contributed by atoms with E-state index in [4.69, 9.17) is 0 Å². The van der Waals surface area contributed by atoms with E-state index in [0.717, 1.165) is 16.9 Å². The Morgan fingerprint density at radius 2 is 1.65 bits per heavy atom. The average molecular weight is 541 g/mol. The molecule has 0 radical (unpaired) electrons. The normalized spacial score (nSPS) is 17.4. The zero-order valence-electron chi connectivity index (χ0n) is 23.8. The number of anilines is 2. The van der Waals surface area contributed by atoms with Crippen molar-refractivity contribution in [2.24, 2.45) is 11.3 Å². The van der Waals surface area contributed by atoms with E-state index >= 15 is 0 Å². The van der Waals surface area contributed by atoms with Gasteiger partial charge in [-0.3, -0.25) is 9.59 Å². The number of carbonyl (C=O) groups excluding carboxylic acids is 2. The summed E-state index contributed by atoms with van der Waals surface area (Å²) in [6.07, 6.45) is 0.288. The monoisotopic (exact) mass is 540 g/mol. The highest BCUT2D eigenvalue weighted by Crippen LogP contribution is 2.67. The highest BCUT2D eigenvalue weighted by Gasteiger charge is 2.59. The van der Waals surface area contributed by atoms with Crippen molar-refractivity contribution in [3.63, 3.8) is 0 Å². The molecule has 0 unspecified atom stereocenters. The third kappa shape index (κ3) is 5.46. The molecule has 1 aliphatic carbocycles. The molecule has 1 heterocycles. The van der Waals surface area contributed by atoms with Gasteiger partial charge in [0.1, 0.15) is 12.4 Å². The molecule has 0 bridgehead atoms. The summed E-state index contributed by atoms with van der Waals surface area (Å²) in [7, 11) is 3.90. The van der Waals surface area contributed by atoms with E-state index in [1.165, 1.54) is 21.9 Å². The van der Waals surface area contributed by atoms with Crippen LogP contribution in [-0.2, 0) is 16.1 Å². The summed E-state index contributed by atoms with van der Waals surface area (Å²) < 4.78 is 14.6. The first-order valence-electron chi connectivity index (χ1n) is 13.7. The number of carbonyl (C=O) groups is 2. The summed E-state index contributed by atoms with van der Waals surface area (Å²) in [6.45, 7) is 6.35. The van der Waals surface area contributed by atoms with Crippen LogP contribution >= 0.6 is 0 Å². The molecule has 3 aromatic carbocycles. The molecule has 7 heteroatoms. The van der Waals surface area contributed by atoms with E-state index < -0.39 is 0 Å². The van der Waals surface area contributed by atoms with Crippen molar-refractivity contribution in [1.82, 2.24) is 9.88 Å². The fourth-order valence-electron chi connectivity index (χ4n) is 6.00. The van der Waals surface area contributed by atoms with Crippen molar-refractivity contribution in [3.05, 3.63) is 95.4 Å². The lowest BCUT2D eigenvalue weighted by molar-refractivity contribution is -0.135. The van der Waals surface area contributed by atoms with E-state index in [0.29, 0.717) is 11.3 Å². The lowest BCUT2D eigenvalue weighted by Crippen LogP contribution is -2.38. The Kier molecular flexibility index (Phi) is 7.41. The maximum Gasteiger partial charge on any atom is 0.244 e. The first-order valence-corrected chi connectivity index (χ1v) is 13.7. The van der Waals surface area contributed by atoms with Gasteiger partial charge in [-0.15, -0.1) is 0 Å². The van der Waals surface area contributed by atoms with E-state index in [1.807, 2.05) is 55.4 Å². The van der Waals surface area contributed by atoms with Crippen LogP contribution in [0, 0.1) is 24.1 Å². The van der Waals surface area contributed by atoms with Crippen LogP contribution in [0.15, 0.2) is 72.8 Å². The zero-order valence-corrected chi connectivity index (χ0v) is 23.8. The topological polar surface area (TPSA) is 68.4 Å². The van der Waals surface area contributed by atoms with Gasteiger partial charge in [-0.25, -0.2) is 4.39 Å². The van der Waals surface area contributed by atoms with Crippen LogP contribution in [0.1, 0.15) is 43.0 Å². The molecular weight excluding hydrogens is 503 g/mol. The van der Waals surface area contributed by atoms with Crippen LogP contribution < -0.4 is 10.2 Å². The van der Waals surface area contributed by atoms with E-state index in [2.05, 4.69) is 43.2 Å². The van der Waals surface area contributed by atoms with Crippen LogP contribution in [0.5, 0.6) is 0 Å². The number of aromatic amines is 1. The summed E-state index contributed by atoms with van der Waals surface area (Å²) in [4.78, 5) is 33.8. The molecule has 2 atom stereocenters. The second-order valence-corrected chi connectivity index (χ2v) is 11.6. The summed E-state index contributed by atoms with van der Waals surface area (Å²) in [5.74, 6) is -0.533. The van der Waals surface area contributed by atoms with Crippen molar-refractivity contribution in [2.75, 3.05) is 30.9 Å². The maximum absolute atomic E-state index is 14.6. The van der Waals surface area contributed by atoms with Crippen LogP contribution in [0.3, 0.4) is 0 Å². The molecule has 0 saturated heterocycles. The Morgan fingerprint density at radius 1 is 0.975 bits per heavy atom. The number of nitrogens with zero attached hydrogens (tertiary/aromatic N) is 2. The Morgan fingerprint density at radius 3 is 2.35 bits per heavy atom. The molecule has 1 aromatic heterocycles. The lowest BCUT2D eigenvalue weighted by atomic mass is 10.0. The van der Waals surface area contributed by atoms with Crippen LogP contribution in [-0.4, -0.2) is 42.3 Å². The van der Waals surface area contributed by atoms with Gasteiger partial charge in [0, 0.05) is 60.6 Å². The number of rotatable bonds is 9. The van der Waals surface area contributed by atoms with Crippen molar-refractivity contribution >= 4 is 34.1 Å². The standard InChI is InChI=1S/C33H37FN4O2/c1-21-31(25-11-7-9-13-28(25)35-21)32-26(33(32,2)3)18-30(40)38(19-22-10-6-8-12-27(22)34)20-29(39)36-23-14-16-24(17-15-23)37(4)5/h6-17,26,32,35H,18-20H2,1-5H3,(H,36,39)/t26-,32+/m1/s1. The number of aryl methyl sites for hydroxylation is 1. The minimum Gasteiger partial charge on any atom is -0.378 e. The van der Waals surface area contributed by atoms with Gasteiger partial charge in [0.2, 0.25) is 11.8 Å². The van der Waals surface area contributed by atoms with Gasteiger partial charge in [0.05, 0.1) is 0 Å². The van der Waals surface area contributed by atoms with Gasteiger partial charge in [-0.2, -0.15) is 0 Å². The smallest absolute Gasteiger partial charge is 0.244 e. The number of halogens is 1. The number of aromatic nitrogens is 1. The Labute approximate surface area is 235 Å². The second kappa shape index (κ2) is 10.8. The molecule has 2 N–H and O–H groups in total. The number of amides is 2. The Hall–Kier alpha value is -4.13. The molecule has 1 fully saturated rings. The molecule has 0 aliphatic heterocycles. The van der Waals surface area contributed by atoms with Gasteiger partial charge >= 0.3 is 0 Å². The summed E-state index contributed by atoms with van der Waals surface area (Å²) in [6, 6.07) is 22.2. The van der Waals surface area contributed by atoms with Crippen molar-refractivity contribution in [1.29, 1.82) is 0 Å². The first-order chi connectivity index (χ1) is 19.1. The van der Waals surface area contributed by atoms with Gasteiger partial charge in [-0.05, 0) is 66.1 Å². The van der Waals surface area contributed by atoms with Gasteiger partial charge < -0.3 is 20.1 Å². The van der Waals surface area contributed by atoms with Crippen molar-refractivity contribution in [2.45, 2.75) is 39.7 Å². The zero-order chi connectivity index (χ0) is 28.6. The van der Waals surface area contributed by atoms with Crippen molar-refractivity contribution < 1.29 is 14.0 Å². The van der Waals surface area contributed by atoms with Gasteiger partial charge in [0.15, 0.2) is 0 Å². The molecule has 6 nitrogen and oxygen atoms in total. The SMILES string of the molecule is Cc1[nH]c2ccccc2c1[C@@H]1[C@@H](CC(=O)N(CC(=O)Nc2ccc(N(C)C)cc2)Cc2ccccc2F)C1(C)C. The molecule has 5 rings (SSSR count). The summed E-state index contributed by atoms with van der Waals surface area (Å²) >= 11 is 0. The van der Waals surface area contributed by atoms with Crippen LogP contribution in [0.2, 0.25) is 0 Å². The van der Waals surface area contributed by atoms with E-state index in [9.17, 15) is 14.0 Å². The number of hydrogen-bond acceptors (Lipinski definition) is 3. The first kappa shape index (κ1) is 27.4. The molecule has 0 spiro atoms. The third-order valence-electron chi connectivity index (χ3n) is 8.37. The molecular formula is C33H37FN4O2. The number of H-pyrrole nitrogens is 1. The lowest BCUT2D eigenvalue weighted by Gasteiger charge is -2.23. The Balaban J connectivity index is 1.34. The van der Waals surface area contributed by atoms with Crippen molar-refractivity contribution in [3.8, 4) is 0 Å². The number of hydrogen-bond donors (Lipinski definition) is 2. The Bertz CT molecular complexity index is 1540. The number of benzene rings is 3. The fraction of sp³-hybridized carbons (Fsp3) is 0.333. The average Bonchev–Trinajstić information content (AvgIpc) is 3.26. The van der Waals surface area contributed by atoms with Crippen LogP contribution in [0.4, 0.5) is 15.8 Å². The minimum atomic E-state index is -0.390. The molecule has 1 saturated carbocycles. The molecule has 2 amide bonds.